The Morgan fingerprint density at radius 2 is 1.79 bits per heavy atom. The molecule has 2 aromatic carbocycles. The monoisotopic (exact) mass is 620 g/mol. The molecule has 0 atom stereocenters. The maximum absolute atomic E-state index is 13.2. The van der Waals surface area contributed by atoms with E-state index in [0.29, 0.717) is 47.8 Å². The van der Waals surface area contributed by atoms with E-state index in [2.05, 4.69) is 15.0 Å². The molecule has 226 valence electrons. The summed E-state index contributed by atoms with van der Waals surface area (Å²) in [6.45, 7) is 2.39. The minimum atomic E-state index is -4.19. The van der Waals surface area contributed by atoms with E-state index in [1.165, 1.54) is 17.1 Å². The van der Waals surface area contributed by atoms with Crippen LogP contribution in [-0.2, 0) is 23.0 Å². The summed E-state index contributed by atoms with van der Waals surface area (Å²) in [4.78, 5) is 28.6. The van der Waals surface area contributed by atoms with Crippen molar-refractivity contribution in [2.45, 2.75) is 74.1 Å². The molecule has 13 heteroatoms. The number of carbonyl (C=O) groups is 2. The number of amides is 2. The zero-order valence-corrected chi connectivity index (χ0v) is 24.8. The van der Waals surface area contributed by atoms with Crippen LogP contribution in [0.4, 0.5) is 13.6 Å². The van der Waals surface area contributed by atoms with Crippen LogP contribution in [0, 0.1) is 5.92 Å². The average Bonchev–Trinajstić information content (AvgIpc) is 3.28. The first-order chi connectivity index (χ1) is 20.1. The van der Waals surface area contributed by atoms with Crippen LogP contribution in [0.2, 0.25) is 0 Å². The number of carboxylic acids is 1. The van der Waals surface area contributed by atoms with Crippen LogP contribution in [0.1, 0.15) is 67.3 Å². The van der Waals surface area contributed by atoms with Gasteiger partial charge in [-0.05, 0) is 54.1 Å². The van der Waals surface area contributed by atoms with Crippen molar-refractivity contribution in [3.63, 3.8) is 0 Å². The van der Waals surface area contributed by atoms with E-state index in [-0.39, 0.29) is 33.9 Å². The lowest BCUT2D eigenvalue weighted by atomic mass is 9.89. The molecule has 1 aromatic heterocycles. The summed E-state index contributed by atoms with van der Waals surface area (Å²) >= 11 is 0.105. The number of aromatic nitrogens is 2. The standard InChI is InChI=1S/C29H34F2N4O5S2/c1-2-8-24-33-26(41-28(30)31)25(27(36)37)35(24)18-20-13-15-21(16-14-20)22-11-6-7-12-23(22)42(39,40)34-29(38)32-17-19-9-4-3-5-10-19/h6-7,11-16,19,28H,2-5,8-10,17-18H2,1H3,(H,36,37)(H2,32,34,38). The largest absolute Gasteiger partial charge is 0.476 e. The van der Waals surface area contributed by atoms with Crippen molar-refractivity contribution in [1.29, 1.82) is 0 Å². The highest BCUT2D eigenvalue weighted by molar-refractivity contribution is 7.99. The summed E-state index contributed by atoms with van der Waals surface area (Å²) in [5, 5.41) is 12.2. The van der Waals surface area contributed by atoms with Gasteiger partial charge in [0, 0.05) is 25.1 Å². The third-order valence-corrected chi connectivity index (χ3v) is 9.25. The Kier molecular flexibility index (Phi) is 10.6. The zero-order chi connectivity index (χ0) is 30.3. The summed E-state index contributed by atoms with van der Waals surface area (Å²) in [6.07, 6.45) is 6.49. The smallest absolute Gasteiger partial charge is 0.355 e. The van der Waals surface area contributed by atoms with Gasteiger partial charge in [0.05, 0.1) is 4.90 Å². The van der Waals surface area contributed by atoms with Crippen LogP contribution < -0.4 is 10.0 Å². The van der Waals surface area contributed by atoms with Crippen LogP contribution in [0.5, 0.6) is 0 Å². The molecule has 1 heterocycles. The fourth-order valence-corrected chi connectivity index (χ4v) is 6.98. The first kappa shape index (κ1) is 31.5. The molecule has 9 nitrogen and oxygen atoms in total. The fraction of sp³-hybridized carbons (Fsp3) is 0.414. The van der Waals surface area contributed by atoms with E-state index in [9.17, 15) is 31.9 Å². The second-order valence-corrected chi connectivity index (χ2v) is 12.8. The number of imidazole rings is 1. The van der Waals surface area contributed by atoms with Gasteiger partial charge in [-0.2, -0.15) is 8.78 Å². The number of hydrogen-bond acceptors (Lipinski definition) is 6. The van der Waals surface area contributed by atoms with E-state index < -0.39 is 27.8 Å². The lowest BCUT2D eigenvalue weighted by Gasteiger charge is -2.21. The number of nitrogens with zero attached hydrogens (tertiary/aromatic N) is 2. The lowest BCUT2D eigenvalue weighted by Crippen LogP contribution is -2.41. The number of urea groups is 1. The van der Waals surface area contributed by atoms with E-state index in [0.717, 1.165) is 25.7 Å². The van der Waals surface area contributed by atoms with E-state index in [4.69, 9.17) is 0 Å². The Hall–Kier alpha value is -3.45. The predicted octanol–water partition coefficient (Wildman–Crippen LogP) is 6.13. The summed E-state index contributed by atoms with van der Waals surface area (Å²) < 4.78 is 56.1. The molecule has 3 aromatic rings. The summed E-state index contributed by atoms with van der Waals surface area (Å²) in [7, 11) is -4.19. The minimum absolute atomic E-state index is 0.0627. The van der Waals surface area contributed by atoms with Gasteiger partial charge >= 0.3 is 12.0 Å². The van der Waals surface area contributed by atoms with Gasteiger partial charge in [0.25, 0.3) is 15.8 Å². The van der Waals surface area contributed by atoms with E-state index in [1.54, 1.807) is 42.5 Å². The zero-order valence-electron chi connectivity index (χ0n) is 23.2. The molecule has 3 N–H and O–H groups in total. The number of rotatable bonds is 12. The number of hydrogen-bond donors (Lipinski definition) is 3. The van der Waals surface area contributed by atoms with E-state index >= 15 is 0 Å². The van der Waals surface area contributed by atoms with Crippen molar-refractivity contribution in [2.24, 2.45) is 5.92 Å². The molecule has 0 radical (unpaired) electrons. The van der Waals surface area contributed by atoms with Crippen molar-refractivity contribution in [3.8, 4) is 11.1 Å². The van der Waals surface area contributed by atoms with Crippen LogP contribution >= 0.6 is 11.8 Å². The Balaban J connectivity index is 1.54. The number of halogens is 2. The lowest BCUT2D eigenvalue weighted by molar-refractivity contribution is 0.0681. The molecule has 0 spiro atoms. The topological polar surface area (TPSA) is 130 Å². The van der Waals surface area contributed by atoms with Crippen LogP contribution in [0.3, 0.4) is 0 Å². The number of benzene rings is 2. The first-order valence-electron chi connectivity index (χ1n) is 13.9. The Morgan fingerprint density at radius 3 is 2.43 bits per heavy atom. The van der Waals surface area contributed by atoms with Crippen LogP contribution in [0.25, 0.3) is 11.1 Å². The molecule has 1 aliphatic rings. The third-order valence-electron chi connectivity index (χ3n) is 7.18. The van der Waals surface area contributed by atoms with Crippen LogP contribution in [0.15, 0.2) is 58.5 Å². The number of carboxylic acid groups (broad SMARTS) is 1. The molecule has 0 aliphatic heterocycles. The molecule has 1 fully saturated rings. The first-order valence-corrected chi connectivity index (χ1v) is 16.2. The molecule has 0 bridgehead atoms. The molecular weight excluding hydrogens is 586 g/mol. The van der Waals surface area contributed by atoms with Crippen LogP contribution in [-0.4, -0.2) is 47.4 Å². The number of aryl methyl sites for hydroxylation is 1. The van der Waals surface area contributed by atoms with E-state index in [1.807, 2.05) is 6.92 Å². The number of thioether (sulfide) groups is 1. The van der Waals surface area contributed by atoms with Crippen molar-refractivity contribution < 1.29 is 31.9 Å². The number of alkyl halides is 2. The maximum atomic E-state index is 13.2. The summed E-state index contributed by atoms with van der Waals surface area (Å²) in [5.41, 5.74) is 1.32. The maximum Gasteiger partial charge on any atom is 0.355 e. The molecule has 0 saturated heterocycles. The SMILES string of the molecule is CCCc1nc(SC(F)F)c(C(=O)O)n1Cc1ccc(-c2ccccc2S(=O)(=O)NC(=O)NCC2CCCCC2)cc1. The average molecular weight is 621 g/mol. The second kappa shape index (κ2) is 14.1. The second-order valence-electron chi connectivity index (χ2n) is 10.2. The quantitative estimate of drug-likeness (QED) is 0.208. The predicted molar refractivity (Wildman–Crippen MR) is 156 cm³/mol. The Morgan fingerprint density at radius 1 is 1.10 bits per heavy atom. The molecule has 4 rings (SSSR count). The van der Waals surface area contributed by atoms with Gasteiger partial charge in [0.15, 0.2) is 5.69 Å². The molecule has 1 aliphatic carbocycles. The van der Waals surface area contributed by atoms with Crippen molar-refractivity contribution in [3.05, 3.63) is 65.6 Å². The highest BCUT2D eigenvalue weighted by Gasteiger charge is 2.26. The van der Waals surface area contributed by atoms with Crippen molar-refractivity contribution in [2.75, 3.05) is 6.54 Å². The summed E-state index contributed by atoms with van der Waals surface area (Å²) in [5.74, 6) is -3.42. The highest BCUT2D eigenvalue weighted by Crippen LogP contribution is 2.31. The molecule has 42 heavy (non-hydrogen) atoms. The number of nitrogens with one attached hydrogen (secondary N) is 2. The number of carbonyl (C=O) groups excluding carboxylic acids is 1. The normalized spacial score (nSPS) is 14.2. The Labute approximate surface area is 248 Å². The minimum Gasteiger partial charge on any atom is -0.476 e. The van der Waals surface area contributed by atoms with Gasteiger partial charge in [0.2, 0.25) is 0 Å². The number of sulfonamides is 1. The van der Waals surface area contributed by atoms with Crippen molar-refractivity contribution in [1.82, 2.24) is 19.6 Å². The molecule has 0 unspecified atom stereocenters. The summed E-state index contributed by atoms with van der Waals surface area (Å²) in [6, 6.07) is 12.4. The van der Waals surface area contributed by atoms with Gasteiger partial charge in [0.1, 0.15) is 10.9 Å². The van der Waals surface area contributed by atoms with Gasteiger partial charge in [-0.25, -0.2) is 27.7 Å². The molecule has 1 saturated carbocycles. The number of aromatic carboxylic acids is 1. The van der Waals surface area contributed by atoms with Gasteiger partial charge in [-0.3, -0.25) is 0 Å². The van der Waals surface area contributed by atoms with Gasteiger partial charge in [-0.15, -0.1) is 0 Å². The van der Waals surface area contributed by atoms with Gasteiger partial charge < -0.3 is 15.0 Å². The fourth-order valence-electron chi connectivity index (χ4n) is 5.19. The van der Waals surface area contributed by atoms with Gasteiger partial charge in [-0.1, -0.05) is 68.7 Å². The highest BCUT2D eigenvalue weighted by atomic mass is 32.2. The molecule has 2 amide bonds. The molecular formula is C29H34F2N4O5S2. The third kappa shape index (κ3) is 7.88. The Bertz CT molecular complexity index is 1500. The van der Waals surface area contributed by atoms with Crippen molar-refractivity contribution >= 4 is 33.8 Å².